The van der Waals surface area contributed by atoms with Crippen LogP contribution in [0.2, 0.25) is 5.02 Å². The second kappa shape index (κ2) is 23.3. The van der Waals surface area contributed by atoms with Gasteiger partial charge in [-0.05, 0) is 128 Å². The van der Waals surface area contributed by atoms with Gasteiger partial charge in [0.2, 0.25) is 0 Å². The third kappa shape index (κ3) is 14.3. The third-order valence-electron chi connectivity index (χ3n) is 11.1. The number of rotatable bonds is 26. The normalized spacial score (nSPS) is 12.7. The van der Waals surface area contributed by atoms with Gasteiger partial charge in [0.15, 0.2) is 12.4 Å². The van der Waals surface area contributed by atoms with Gasteiger partial charge >= 0.3 is 0 Å². The quantitative estimate of drug-likeness (QED) is 0.0141. The van der Waals surface area contributed by atoms with Gasteiger partial charge in [-0.25, -0.2) is 0 Å². The van der Waals surface area contributed by atoms with Crippen molar-refractivity contribution in [3.05, 3.63) is 82.9 Å². The second-order valence-corrected chi connectivity index (χ2v) is 16.4. The Kier molecular flexibility index (Phi) is 18.6. The number of furan rings is 1. The van der Waals surface area contributed by atoms with Crippen molar-refractivity contribution in [1.29, 1.82) is 0 Å². The highest BCUT2D eigenvalue weighted by atomic mass is 35.5. The van der Waals surface area contributed by atoms with Gasteiger partial charge in [0.25, 0.3) is 5.91 Å². The fourth-order valence-electron chi connectivity index (χ4n) is 6.51. The molecule has 332 valence electrons. The van der Waals surface area contributed by atoms with E-state index in [-0.39, 0.29) is 18.3 Å². The molecule has 1 amide bonds. The molecule has 61 heavy (non-hydrogen) atoms. The Morgan fingerprint density at radius 2 is 1.31 bits per heavy atom. The molecule has 1 heterocycles. The van der Waals surface area contributed by atoms with Gasteiger partial charge in [-0.3, -0.25) is 14.5 Å². The lowest BCUT2D eigenvalue weighted by Gasteiger charge is -2.30. The first kappa shape index (κ1) is 48.7. The van der Waals surface area contributed by atoms with Gasteiger partial charge < -0.3 is 45.2 Å². The van der Waals surface area contributed by atoms with Crippen LogP contribution in [0.25, 0.3) is 22.3 Å². The molecule has 0 aliphatic heterocycles. The van der Waals surface area contributed by atoms with Crippen molar-refractivity contribution in [1.82, 2.24) is 25.8 Å². The van der Waals surface area contributed by atoms with Crippen LogP contribution in [0.3, 0.4) is 0 Å². The highest BCUT2D eigenvalue weighted by Crippen LogP contribution is 2.37. The van der Waals surface area contributed by atoms with E-state index in [1.165, 1.54) is 0 Å². The van der Waals surface area contributed by atoms with Crippen LogP contribution in [-0.2, 0) is 4.79 Å². The fourth-order valence-corrected chi connectivity index (χ4v) is 6.69. The van der Waals surface area contributed by atoms with Gasteiger partial charge in [-0.1, -0.05) is 35.8 Å². The van der Waals surface area contributed by atoms with Crippen LogP contribution >= 0.6 is 11.6 Å². The molecule has 0 bridgehead atoms. The van der Waals surface area contributed by atoms with Crippen molar-refractivity contribution in [2.75, 3.05) is 72.1 Å². The summed E-state index contributed by atoms with van der Waals surface area (Å²) in [7, 11) is 0. The molecule has 0 saturated carbocycles. The van der Waals surface area contributed by atoms with Gasteiger partial charge in [-0.2, -0.15) is 0 Å². The number of carbonyl (C=O) groups is 2. The predicted octanol–water partition coefficient (Wildman–Crippen LogP) is 7.33. The summed E-state index contributed by atoms with van der Waals surface area (Å²) in [4.78, 5) is 31.6. The molecule has 0 aliphatic carbocycles. The van der Waals surface area contributed by atoms with Gasteiger partial charge in [-0.15, -0.1) is 0 Å². The Morgan fingerprint density at radius 1 is 0.754 bits per heavy atom. The van der Waals surface area contributed by atoms with E-state index in [1.54, 1.807) is 56.3 Å². The fraction of sp³-hybridized carbons (Fsp3) is 0.478. The maximum atomic E-state index is 14.2. The van der Waals surface area contributed by atoms with Crippen molar-refractivity contribution in [3.63, 3.8) is 0 Å². The largest absolute Gasteiger partial charge is 0.494 e. The third-order valence-corrected chi connectivity index (χ3v) is 11.3. The number of oxime groups is 2. The lowest BCUT2D eigenvalue weighted by Crippen LogP contribution is -2.51. The van der Waals surface area contributed by atoms with E-state index in [2.05, 4.69) is 49.9 Å². The van der Waals surface area contributed by atoms with Gasteiger partial charge in [0.05, 0.1) is 34.7 Å². The SMILES string of the molecule is CCN(CC)CCCOc1ccc(-c2oc3ccc(Cl)cc3c2C(=O)c2ccc(OCC(=O)NCCN(CCNC(C)(C)/C(C)=N/O)CCNC(C)(C)/C(C)=N/O)cc2)cc1. The molecule has 3 aromatic carbocycles. The van der Waals surface area contributed by atoms with Crippen LogP contribution in [0.4, 0.5) is 0 Å². The Bertz CT molecular complexity index is 2040. The number of nitrogens with zero attached hydrogens (tertiary/aromatic N) is 4. The first-order chi connectivity index (χ1) is 29.1. The lowest BCUT2D eigenvalue weighted by molar-refractivity contribution is -0.123. The van der Waals surface area contributed by atoms with Crippen LogP contribution in [0.1, 0.15) is 77.7 Å². The van der Waals surface area contributed by atoms with Gasteiger partial charge in [0.1, 0.15) is 22.8 Å². The minimum Gasteiger partial charge on any atom is -0.494 e. The van der Waals surface area contributed by atoms with E-state index in [0.717, 1.165) is 37.4 Å². The molecule has 0 atom stereocenters. The summed E-state index contributed by atoms with van der Waals surface area (Å²) in [5.41, 5.74) is 2.24. The predicted molar refractivity (Wildman–Crippen MR) is 243 cm³/mol. The molecule has 4 rings (SSSR count). The number of halogens is 1. The highest BCUT2D eigenvalue weighted by Gasteiger charge is 2.25. The summed E-state index contributed by atoms with van der Waals surface area (Å²) in [6.07, 6.45) is 0.924. The average Bonchev–Trinajstić information content (AvgIpc) is 3.63. The maximum Gasteiger partial charge on any atom is 0.257 e. The van der Waals surface area contributed by atoms with Crippen LogP contribution in [-0.4, -0.2) is 127 Å². The monoisotopic (exact) mass is 861 g/mol. The van der Waals surface area contributed by atoms with E-state index in [4.69, 9.17) is 25.5 Å². The topological polar surface area (TPSA) is 173 Å². The van der Waals surface area contributed by atoms with Crippen LogP contribution in [0.15, 0.2) is 81.5 Å². The number of carbonyl (C=O) groups excluding carboxylic acids is 2. The number of fused-ring (bicyclic) bond motifs is 1. The maximum absolute atomic E-state index is 14.2. The molecule has 1 aromatic heterocycles. The summed E-state index contributed by atoms with van der Waals surface area (Å²) in [6.45, 7) is 22.5. The molecule has 0 fully saturated rings. The lowest BCUT2D eigenvalue weighted by atomic mass is 9.97. The molecule has 0 aliphatic rings. The Hall–Kier alpha value is -4.99. The van der Waals surface area contributed by atoms with Crippen LogP contribution in [0, 0.1) is 0 Å². The van der Waals surface area contributed by atoms with Crippen molar-refractivity contribution in [3.8, 4) is 22.8 Å². The Balaban J connectivity index is 1.35. The molecule has 4 aromatic rings. The molecule has 0 saturated heterocycles. The van der Waals surface area contributed by atoms with E-state index in [0.29, 0.717) is 95.9 Å². The zero-order chi connectivity index (χ0) is 44.6. The van der Waals surface area contributed by atoms with E-state index in [9.17, 15) is 20.0 Å². The second-order valence-electron chi connectivity index (χ2n) is 16.0. The number of hydrogen-bond donors (Lipinski definition) is 5. The minimum atomic E-state index is -0.495. The van der Waals surface area contributed by atoms with E-state index >= 15 is 0 Å². The van der Waals surface area contributed by atoms with Crippen LogP contribution < -0.4 is 25.4 Å². The number of amides is 1. The highest BCUT2D eigenvalue weighted by molar-refractivity contribution is 6.32. The molecule has 14 nitrogen and oxygen atoms in total. The van der Waals surface area contributed by atoms with Crippen LogP contribution in [0.5, 0.6) is 11.5 Å². The van der Waals surface area contributed by atoms with Crippen molar-refractivity contribution in [2.45, 2.75) is 72.9 Å². The average molecular weight is 863 g/mol. The molecule has 0 radical (unpaired) electrons. The summed E-state index contributed by atoms with van der Waals surface area (Å²) in [6, 6.07) is 19.4. The summed E-state index contributed by atoms with van der Waals surface area (Å²) in [5, 5.41) is 36.0. The number of ether oxygens (including phenoxy) is 2. The Morgan fingerprint density at radius 3 is 1.89 bits per heavy atom. The van der Waals surface area contributed by atoms with Crippen molar-refractivity contribution >= 4 is 45.7 Å². The number of ketones is 1. The summed E-state index contributed by atoms with van der Waals surface area (Å²) in [5.74, 6) is 1.08. The molecular weight excluding hydrogens is 798 g/mol. The molecule has 5 N–H and O–H groups in total. The molecule has 0 unspecified atom stereocenters. The van der Waals surface area contributed by atoms with Gasteiger partial charge in [0, 0.05) is 67.3 Å². The summed E-state index contributed by atoms with van der Waals surface area (Å²) >= 11 is 6.39. The number of benzene rings is 3. The number of nitrogens with one attached hydrogen (secondary N) is 3. The van der Waals surface area contributed by atoms with E-state index < -0.39 is 11.1 Å². The standard InChI is InChI=1S/C46H64ClN7O7/c1-9-53(10-2)25-11-29-59-37-19-14-35(15-20-37)44-42(39-30-36(47)16-21-40(39)61-44)43(56)34-12-17-38(18-13-34)60-31-41(55)48-22-26-54(27-23-49-45(5,6)32(3)51-57)28-24-50-46(7,8)33(4)52-58/h12-21,30,49-50,57-58H,9-11,22-29,31H2,1-8H3,(H,48,55)/b51-32+,52-33+. The smallest absolute Gasteiger partial charge is 0.257 e. The first-order valence-electron chi connectivity index (χ1n) is 20.9. The Labute approximate surface area is 365 Å². The van der Waals surface area contributed by atoms with Crippen molar-refractivity contribution in [2.24, 2.45) is 10.3 Å². The van der Waals surface area contributed by atoms with E-state index in [1.807, 2.05) is 52.0 Å². The minimum absolute atomic E-state index is 0.205. The zero-order valence-corrected chi connectivity index (χ0v) is 37.7. The number of hydrogen-bond acceptors (Lipinski definition) is 13. The summed E-state index contributed by atoms with van der Waals surface area (Å²) < 4.78 is 18.1. The molecule has 15 heteroatoms. The zero-order valence-electron chi connectivity index (χ0n) is 36.9. The molecular formula is C46H64ClN7O7. The molecule has 0 spiro atoms. The van der Waals surface area contributed by atoms with Crippen molar-refractivity contribution < 1.29 is 33.9 Å². The first-order valence-corrected chi connectivity index (χ1v) is 21.3.